The Labute approximate surface area is 72.5 Å². The molecule has 0 saturated heterocycles. The molecular weight excluding hydrogens is 214 g/mol. The van der Waals surface area contributed by atoms with Gasteiger partial charge in [0.15, 0.2) is 0 Å². The van der Waals surface area contributed by atoms with Gasteiger partial charge in [0.2, 0.25) is 0 Å². The number of aromatic nitrogens is 1. The zero-order chi connectivity index (χ0) is 7.56. The number of nitrogens with zero attached hydrogens (tertiary/aromatic N) is 1. The first kappa shape index (κ1) is 8.14. The first-order valence-corrected chi connectivity index (χ1v) is 4.63. The summed E-state index contributed by atoms with van der Waals surface area (Å²) in [6.07, 6.45) is 1.59. The number of hydrogen-bond donors (Lipinski definition) is 0. The Morgan fingerprint density at radius 1 is 1.70 bits per heavy atom. The second kappa shape index (κ2) is 3.44. The molecule has 1 aromatic rings. The zero-order valence-electron chi connectivity index (χ0n) is 5.80. The Morgan fingerprint density at radius 2 is 2.40 bits per heavy atom. The normalized spacial score (nSPS) is 10.8. The van der Waals surface area contributed by atoms with Gasteiger partial charge in [0.05, 0.1) is 0 Å². The standard InChI is InChI=1S/C6H8BrNOS/c1-4(2)10-6-8-5(7)3-9-6/h3-4H,1-2H3. The molecule has 10 heavy (non-hydrogen) atoms. The second-order valence-corrected chi connectivity index (χ2v) is 4.44. The van der Waals surface area contributed by atoms with Gasteiger partial charge in [-0.2, -0.15) is 4.98 Å². The van der Waals surface area contributed by atoms with Crippen LogP contribution in [0.2, 0.25) is 0 Å². The third kappa shape index (κ3) is 2.34. The Kier molecular flexibility index (Phi) is 2.80. The molecule has 2 nitrogen and oxygen atoms in total. The fourth-order valence-electron chi connectivity index (χ4n) is 0.495. The van der Waals surface area contributed by atoms with Crippen molar-refractivity contribution in [3.05, 3.63) is 10.9 Å². The molecule has 1 heterocycles. The molecule has 0 aliphatic rings. The average Bonchev–Trinajstić information content (AvgIpc) is 2.13. The van der Waals surface area contributed by atoms with E-state index in [9.17, 15) is 0 Å². The maximum atomic E-state index is 5.08. The highest BCUT2D eigenvalue weighted by Gasteiger charge is 2.03. The third-order valence-electron chi connectivity index (χ3n) is 0.792. The van der Waals surface area contributed by atoms with Crippen molar-refractivity contribution in [2.75, 3.05) is 0 Å². The van der Waals surface area contributed by atoms with Crippen molar-refractivity contribution in [1.29, 1.82) is 0 Å². The van der Waals surface area contributed by atoms with Crippen LogP contribution in [0, 0.1) is 0 Å². The molecule has 4 heteroatoms. The van der Waals surface area contributed by atoms with E-state index in [4.69, 9.17) is 4.42 Å². The van der Waals surface area contributed by atoms with Crippen molar-refractivity contribution in [3.63, 3.8) is 0 Å². The minimum Gasteiger partial charge on any atom is -0.439 e. The summed E-state index contributed by atoms with van der Waals surface area (Å²) in [5.41, 5.74) is 0. The third-order valence-corrected chi connectivity index (χ3v) is 2.02. The fourth-order valence-corrected chi connectivity index (χ4v) is 1.52. The van der Waals surface area contributed by atoms with Crippen LogP contribution in [0.25, 0.3) is 0 Å². The lowest BCUT2D eigenvalue weighted by Crippen LogP contribution is -1.84. The predicted octanol–water partition coefficient (Wildman–Crippen LogP) is 2.94. The lowest BCUT2D eigenvalue weighted by Gasteiger charge is -1.96. The molecule has 1 rings (SSSR count). The van der Waals surface area contributed by atoms with Crippen molar-refractivity contribution in [1.82, 2.24) is 4.98 Å². The number of halogens is 1. The van der Waals surface area contributed by atoms with E-state index in [-0.39, 0.29) is 0 Å². The summed E-state index contributed by atoms with van der Waals surface area (Å²) in [5, 5.41) is 1.24. The summed E-state index contributed by atoms with van der Waals surface area (Å²) < 4.78 is 5.84. The van der Waals surface area contributed by atoms with Crippen LogP contribution in [0.1, 0.15) is 13.8 Å². The molecule has 0 N–H and O–H groups in total. The highest BCUT2D eigenvalue weighted by molar-refractivity contribution is 9.10. The minimum absolute atomic E-state index is 0.519. The summed E-state index contributed by atoms with van der Waals surface area (Å²) in [5.74, 6) is 0. The molecule has 0 aliphatic carbocycles. The van der Waals surface area contributed by atoms with E-state index in [0.717, 1.165) is 9.83 Å². The number of rotatable bonds is 2. The molecule has 0 radical (unpaired) electrons. The Bertz CT molecular complexity index is 211. The molecule has 0 aliphatic heterocycles. The van der Waals surface area contributed by atoms with E-state index in [1.54, 1.807) is 18.0 Å². The second-order valence-electron chi connectivity index (χ2n) is 2.10. The van der Waals surface area contributed by atoms with E-state index < -0.39 is 0 Å². The Morgan fingerprint density at radius 3 is 2.80 bits per heavy atom. The van der Waals surface area contributed by atoms with Crippen LogP contribution in [0.3, 0.4) is 0 Å². The molecule has 0 aromatic carbocycles. The van der Waals surface area contributed by atoms with Gasteiger partial charge in [0, 0.05) is 5.25 Å². The minimum atomic E-state index is 0.519. The van der Waals surface area contributed by atoms with Crippen LogP contribution in [-0.4, -0.2) is 10.2 Å². The Hall–Kier alpha value is 0.0400. The summed E-state index contributed by atoms with van der Waals surface area (Å²) in [6, 6.07) is 0. The van der Waals surface area contributed by atoms with Crippen molar-refractivity contribution in [2.24, 2.45) is 0 Å². The van der Waals surface area contributed by atoms with Crippen LogP contribution in [-0.2, 0) is 0 Å². The van der Waals surface area contributed by atoms with Crippen LogP contribution in [0.4, 0.5) is 0 Å². The number of oxazole rings is 1. The van der Waals surface area contributed by atoms with Gasteiger partial charge in [-0.1, -0.05) is 25.6 Å². The summed E-state index contributed by atoms with van der Waals surface area (Å²) in [7, 11) is 0. The predicted molar refractivity (Wildman–Crippen MR) is 45.2 cm³/mol. The summed E-state index contributed by atoms with van der Waals surface area (Å²) in [6.45, 7) is 4.20. The van der Waals surface area contributed by atoms with Gasteiger partial charge in [-0.25, -0.2) is 0 Å². The van der Waals surface area contributed by atoms with Crippen LogP contribution >= 0.6 is 27.7 Å². The molecule has 0 atom stereocenters. The van der Waals surface area contributed by atoms with E-state index >= 15 is 0 Å². The summed E-state index contributed by atoms with van der Waals surface area (Å²) >= 11 is 4.82. The quantitative estimate of drug-likeness (QED) is 0.719. The highest BCUT2D eigenvalue weighted by atomic mass is 79.9. The van der Waals surface area contributed by atoms with E-state index in [2.05, 4.69) is 34.8 Å². The first-order chi connectivity index (χ1) is 4.68. The van der Waals surface area contributed by atoms with Crippen LogP contribution in [0.15, 0.2) is 20.5 Å². The number of thioether (sulfide) groups is 1. The molecule has 0 saturated carbocycles. The molecule has 56 valence electrons. The largest absolute Gasteiger partial charge is 0.439 e. The van der Waals surface area contributed by atoms with Gasteiger partial charge in [-0.15, -0.1) is 0 Å². The van der Waals surface area contributed by atoms with E-state index in [1.165, 1.54) is 0 Å². The van der Waals surface area contributed by atoms with Crippen LogP contribution < -0.4 is 0 Å². The van der Waals surface area contributed by atoms with Gasteiger partial charge in [-0.05, 0) is 15.9 Å². The molecular formula is C6H8BrNOS. The molecule has 0 spiro atoms. The average molecular weight is 222 g/mol. The highest BCUT2D eigenvalue weighted by Crippen LogP contribution is 2.23. The first-order valence-electron chi connectivity index (χ1n) is 2.96. The number of hydrogen-bond acceptors (Lipinski definition) is 3. The van der Waals surface area contributed by atoms with Gasteiger partial charge in [0.1, 0.15) is 10.9 Å². The van der Waals surface area contributed by atoms with Gasteiger partial charge < -0.3 is 4.42 Å². The smallest absolute Gasteiger partial charge is 0.256 e. The monoisotopic (exact) mass is 221 g/mol. The molecule has 0 fully saturated rings. The van der Waals surface area contributed by atoms with Gasteiger partial charge in [0.25, 0.3) is 5.22 Å². The fraction of sp³-hybridized carbons (Fsp3) is 0.500. The van der Waals surface area contributed by atoms with Crippen molar-refractivity contribution >= 4 is 27.7 Å². The molecule has 1 aromatic heterocycles. The van der Waals surface area contributed by atoms with Crippen LogP contribution in [0.5, 0.6) is 0 Å². The zero-order valence-corrected chi connectivity index (χ0v) is 8.20. The van der Waals surface area contributed by atoms with Crippen molar-refractivity contribution in [3.8, 4) is 0 Å². The lowest BCUT2D eigenvalue weighted by atomic mass is 10.6. The molecule has 0 unspecified atom stereocenters. The van der Waals surface area contributed by atoms with Gasteiger partial charge >= 0.3 is 0 Å². The van der Waals surface area contributed by atoms with Crippen molar-refractivity contribution < 1.29 is 4.42 Å². The van der Waals surface area contributed by atoms with Gasteiger partial charge in [-0.3, -0.25) is 0 Å². The van der Waals surface area contributed by atoms with E-state index in [0.29, 0.717) is 5.25 Å². The molecule has 0 bridgehead atoms. The lowest BCUT2D eigenvalue weighted by molar-refractivity contribution is 0.453. The van der Waals surface area contributed by atoms with E-state index in [1.807, 2.05) is 0 Å². The molecule has 0 amide bonds. The maximum Gasteiger partial charge on any atom is 0.256 e. The summed E-state index contributed by atoms with van der Waals surface area (Å²) in [4.78, 5) is 4.06. The topological polar surface area (TPSA) is 26.0 Å². The van der Waals surface area contributed by atoms with Crippen molar-refractivity contribution in [2.45, 2.75) is 24.3 Å². The Balaban J connectivity index is 2.58. The maximum absolute atomic E-state index is 5.08. The SMILES string of the molecule is CC(C)Sc1nc(Br)co1.